The maximum atomic E-state index is 12.6. The van der Waals surface area contributed by atoms with Crippen molar-refractivity contribution in [1.29, 1.82) is 0 Å². The monoisotopic (exact) mass is 388 g/mol. The molecule has 0 unspecified atom stereocenters. The number of alkyl halides is 3. The van der Waals surface area contributed by atoms with Crippen LogP contribution in [0.2, 0.25) is 0 Å². The zero-order valence-corrected chi connectivity index (χ0v) is 16.8. The molecule has 0 aliphatic heterocycles. The van der Waals surface area contributed by atoms with Crippen LogP contribution in [-0.2, 0) is 26.1 Å². The lowest BCUT2D eigenvalue weighted by Gasteiger charge is -2.11. The Balaban J connectivity index is 0.000000336. The summed E-state index contributed by atoms with van der Waals surface area (Å²) in [4.78, 5) is 3.98. The van der Waals surface area contributed by atoms with Crippen LogP contribution in [-0.4, -0.2) is 9.55 Å². The zero-order chi connectivity index (χ0) is 20.7. The van der Waals surface area contributed by atoms with Gasteiger partial charge in [0.05, 0.1) is 17.6 Å². The molecule has 1 heterocycles. The highest BCUT2D eigenvalue weighted by Crippen LogP contribution is 2.31. The average molecular weight is 388 g/mol. The minimum Gasteiger partial charge on any atom is -0.340 e. The molecular weight excluding hydrogens is 361 g/mol. The molecule has 1 aromatic heterocycles. The van der Waals surface area contributed by atoms with Crippen LogP contribution >= 0.6 is 0 Å². The van der Waals surface area contributed by atoms with Crippen LogP contribution in [0, 0.1) is 6.92 Å². The lowest BCUT2D eigenvalue weighted by atomic mass is 9.95. The number of rotatable bonds is 4. The number of hydrogen-bond donors (Lipinski definition) is 0. The summed E-state index contributed by atoms with van der Waals surface area (Å²) in [6, 6.07) is 11.5. The van der Waals surface area contributed by atoms with Crippen molar-refractivity contribution in [2.45, 2.75) is 46.2 Å². The van der Waals surface area contributed by atoms with Gasteiger partial charge < -0.3 is 4.57 Å². The van der Waals surface area contributed by atoms with Crippen molar-refractivity contribution in [3.8, 4) is 11.1 Å². The highest BCUT2D eigenvalue weighted by Gasteiger charge is 2.29. The SMILES string of the molecule is CCCc1ccc(-c2ccc(C(F)(F)F)cc2)cc1CC.Cc1cn(C)cn1. The third-order valence-corrected chi connectivity index (χ3v) is 4.49. The fourth-order valence-corrected chi connectivity index (χ4v) is 3.04. The molecule has 0 radical (unpaired) electrons. The van der Waals surface area contributed by atoms with Gasteiger partial charge >= 0.3 is 6.18 Å². The van der Waals surface area contributed by atoms with Gasteiger partial charge in [-0.1, -0.05) is 50.6 Å². The summed E-state index contributed by atoms with van der Waals surface area (Å²) >= 11 is 0. The van der Waals surface area contributed by atoms with E-state index in [-0.39, 0.29) is 0 Å². The summed E-state index contributed by atoms with van der Waals surface area (Å²) in [6.45, 7) is 6.22. The van der Waals surface area contributed by atoms with Gasteiger partial charge in [-0.05, 0) is 54.2 Å². The predicted octanol–water partition coefficient (Wildman–Crippen LogP) is 6.62. The molecule has 0 atom stereocenters. The molecule has 0 saturated carbocycles. The van der Waals surface area contributed by atoms with E-state index in [1.54, 1.807) is 6.33 Å². The van der Waals surface area contributed by atoms with Gasteiger partial charge in [-0.2, -0.15) is 13.2 Å². The van der Waals surface area contributed by atoms with Crippen LogP contribution < -0.4 is 0 Å². The standard InChI is InChI=1S/C18H19F3.C5H8N2/c1-3-5-14-6-7-16(12-13(14)4-2)15-8-10-17(11-9-15)18(19,20)21;1-5-3-7(2)4-6-5/h6-12H,3-5H2,1-2H3;3-4H,1-2H3. The first-order valence-corrected chi connectivity index (χ1v) is 9.48. The molecule has 2 aromatic carbocycles. The van der Waals surface area contributed by atoms with Gasteiger partial charge in [-0.25, -0.2) is 4.98 Å². The fraction of sp³-hybridized carbons (Fsp3) is 0.348. The molecule has 28 heavy (non-hydrogen) atoms. The van der Waals surface area contributed by atoms with Crippen LogP contribution in [0.4, 0.5) is 13.2 Å². The Morgan fingerprint density at radius 3 is 2.00 bits per heavy atom. The minimum absolute atomic E-state index is 0.607. The fourth-order valence-electron chi connectivity index (χ4n) is 3.04. The average Bonchev–Trinajstić information content (AvgIpc) is 3.05. The Morgan fingerprint density at radius 2 is 1.57 bits per heavy atom. The number of nitrogens with zero attached hydrogens (tertiary/aromatic N) is 2. The number of aryl methyl sites for hydroxylation is 4. The highest BCUT2D eigenvalue weighted by molar-refractivity contribution is 5.65. The Bertz CT molecular complexity index is 861. The molecular formula is C23H27F3N2. The number of hydrogen-bond acceptors (Lipinski definition) is 1. The second-order valence-electron chi connectivity index (χ2n) is 6.84. The topological polar surface area (TPSA) is 17.8 Å². The summed E-state index contributed by atoms with van der Waals surface area (Å²) in [5.74, 6) is 0. The molecule has 0 N–H and O–H groups in total. The molecule has 3 aromatic rings. The van der Waals surface area contributed by atoms with E-state index < -0.39 is 11.7 Å². The van der Waals surface area contributed by atoms with Crippen molar-refractivity contribution in [2.75, 3.05) is 0 Å². The maximum Gasteiger partial charge on any atom is 0.416 e. The van der Waals surface area contributed by atoms with E-state index in [1.807, 2.05) is 30.8 Å². The summed E-state index contributed by atoms with van der Waals surface area (Å²) in [5.41, 5.74) is 4.86. The van der Waals surface area contributed by atoms with E-state index in [0.29, 0.717) is 0 Å². The van der Waals surface area contributed by atoms with E-state index in [2.05, 4.69) is 31.0 Å². The first kappa shape index (κ1) is 21.7. The minimum atomic E-state index is -4.28. The Labute approximate surface area is 165 Å². The highest BCUT2D eigenvalue weighted by atomic mass is 19.4. The Kier molecular flexibility index (Phi) is 7.44. The van der Waals surface area contributed by atoms with E-state index in [9.17, 15) is 13.2 Å². The summed E-state index contributed by atoms with van der Waals surface area (Å²) in [6.07, 6.45) is 2.54. The molecule has 5 heteroatoms. The summed E-state index contributed by atoms with van der Waals surface area (Å²) in [7, 11) is 1.96. The van der Waals surface area contributed by atoms with E-state index in [0.717, 1.165) is 48.2 Å². The van der Waals surface area contributed by atoms with Gasteiger partial charge in [-0.3, -0.25) is 0 Å². The first-order valence-electron chi connectivity index (χ1n) is 9.48. The van der Waals surface area contributed by atoms with E-state index >= 15 is 0 Å². The third-order valence-electron chi connectivity index (χ3n) is 4.49. The molecule has 0 aliphatic rings. The maximum absolute atomic E-state index is 12.6. The quantitative estimate of drug-likeness (QED) is 0.491. The van der Waals surface area contributed by atoms with Gasteiger partial charge in [0.1, 0.15) is 0 Å². The van der Waals surface area contributed by atoms with Crippen LogP contribution in [0.5, 0.6) is 0 Å². The Morgan fingerprint density at radius 1 is 0.929 bits per heavy atom. The number of halogens is 3. The number of imidazole rings is 1. The van der Waals surface area contributed by atoms with Crippen LogP contribution in [0.25, 0.3) is 11.1 Å². The number of benzene rings is 2. The van der Waals surface area contributed by atoms with Crippen molar-refractivity contribution in [2.24, 2.45) is 7.05 Å². The van der Waals surface area contributed by atoms with Crippen molar-refractivity contribution < 1.29 is 13.2 Å². The molecule has 0 amide bonds. The summed E-state index contributed by atoms with van der Waals surface area (Å²) in [5, 5.41) is 0. The van der Waals surface area contributed by atoms with Crippen LogP contribution in [0.3, 0.4) is 0 Å². The van der Waals surface area contributed by atoms with Crippen LogP contribution in [0.15, 0.2) is 55.0 Å². The number of aromatic nitrogens is 2. The first-order chi connectivity index (χ1) is 13.2. The second kappa shape index (κ2) is 9.58. The molecule has 2 nitrogen and oxygen atoms in total. The van der Waals surface area contributed by atoms with Gasteiger partial charge in [0, 0.05) is 13.2 Å². The molecule has 3 rings (SSSR count). The Hall–Kier alpha value is -2.56. The third kappa shape index (κ3) is 5.98. The molecule has 0 spiro atoms. The summed E-state index contributed by atoms with van der Waals surface area (Å²) < 4.78 is 39.7. The lowest BCUT2D eigenvalue weighted by molar-refractivity contribution is -0.137. The normalized spacial score (nSPS) is 11.1. The van der Waals surface area contributed by atoms with Crippen LogP contribution in [0.1, 0.15) is 42.7 Å². The lowest BCUT2D eigenvalue weighted by Crippen LogP contribution is -2.04. The van der Waals surface area contributed by atoms with Gasteiger partial charge in [0.25, 0.3) is 0 Å². The van der Waals surface area contributed by atoms with Gasteiger partial charge in [-0.15, -0.1) is 0 Å². The predicted molar refractivity (Wildman–Crippen MR) is 108 cm³/mol. The molecule has 0 fully saturated rings. The molecule has 0 bridgehead atoms. The van der Waals surface area contributed by atoms with E-state index in [1.165, 1.54) is 23.3 Å². The largest absolute Gasteiger partial charge is 0.416 e. The van der Waals surface area contributed by atoms with Gasteiger partial charge in [0.15, 0.2) is 0 Å². The van der Waals surface area contributed by atoms with Crippen molar-refractivity contribution in [3.05, 3.63) is 77.4 Å². The van der Waals surface area contributed by atoms with Crippen molar-refractivity contribution in [3.63, 3.8) is 0 Å². The smallest absolute Gasteiger partial charge is 0.340 e. The van der Waals surface area contributed by atoms with E-state index in [4.69, 9.17) is 0 Å². The second-order valence-corrected chi connectivity index (χ2v) is 6.84. The molecule has 150 valence electrons. The van der Waals surface area contributed by atoms with Gasteiger partial charge in [0.2, 0.25) is 0 Å². The zero-order valence-electron chi connectivity index (χ0n) is 16.8. The molecule has 0 aliphatic carbocycles. The molecule has 0 saturated heterocycles. The van der Waals surface area contributed by atoms with Crippen molar-refractivity contribution >= 4 is 0 Å². The van der Waals surface area contributed by atoms with Crippen molar-refractivity contribution in [1.82, 2.24) is 9.55 Å².